The van der Waals surface area contributed by atoms with Crippen molar-refractivity contribution in [3.8, 4) is 0 Å². The van der Waals surface area contributed by atoms with E-state index >= 15 is 0 Å². The van der Waals surface area contributed by atoms with Crippen molar-refractivity contribution in [2.45, 2.75) is 20.0 Å². The second-order valence-corrected chi connectivity index (χ2v) is 4.89. The standard InChI is InChI=1S/C15H14N4O2/c1-10-17-14-12(7-16-15(21)18-14)8-19(10)9-13(20)11-5-3-2-4-6-11/h2-6,8H,7,9H2,1H3,(H,16,21)/p+1. The second-order valence-electron chi connectivity index (χ2n) is 4.89. The second kappa shape index (κ2) is 5.32. The highest BCUT2D eigenvalue weighted by Gasteiger charge is 2.24. The van der Waals surface area contributed by atoms with Gasteiger partial charge < -0.3 is 5.32 Å². The van der Waals surface area contributed by atoms with Crippen LogP contribution in [0.2, 0.25) is 0 Å². The number of ketones is 1. The highest BCUT2D eigenvalue weighted by molar-refractivity contribution is 5.95. The molecule has 2 amide bonds. The lowest BCUT2D eigenvalue weighted by atomic mass is 10.1. The van der Waals surface area contributed by atoms with Gasteiger partial charge in [-0.25, -0.2) is 9.36 Å². The molecule has 2 N–H and O–H groups in total. The molecule has 106 valence electrons. The number of anilines is 1. The molecule has 6 nitrogen and oxygen atoms in total. The molecular weight excluding hydrogens is 268 g/mol. The van der Waals surface area contributed by atoms with Gasteiger partial charge in [-0.3, -0.25) is 10.1 Å². The van der Waals surface area contributed by atoms with Crippen molar-refractivity contribution in [3.63, 3.8) is 0 Å². The average molecular weight is 283 g/mol. The zero-order valence-corrected chi connectivity index (χ0v) is 11.6. The van der Waals surface area contributed by atoms with Crippen LogP contribution in [0.15, 0.2) is 36.5 Å². The number of hydrogen-bond acceptors (Lipinski definition) is 3. The zero-order chi connectivity index (χ0) is 14.8. The van der Waals surface area contributed by atoms with Gasteiger partial charge in [0.25, 0.3) is 11.6 Å². The molecule has 0 fully saturated rings. The number of Topliss-reactive ketones (excluding diaryl/α,β-unsaturated/α-hetero) is 1. The molecule has 0 unspecified atom stereocenters. The first kappa shape index (κ1) is 13.2. The van der Waals surface area contributed by atoms with Crippen molar-refractivity contribution < 1.29 is 14.2 Å². The predicted molar refractivity (Wildman–Crippen MR) is 75.8 cm³/mol. The van der Waals surface area contributed by atoms with Crippen molar-refractivity contribution in [3.05, 3.63) is 53.5 Å². The number of aromatic nitrogens is 2. The van der Waals surface area contributed by atoms with E-state index in [1.165, 1.54) is 0 Å². The van der Waals surface area contributed by atoms with Gasteiger partial charge in [0, 0.05) is 12.5 Å². The summed E-state index contributed by atoms with van der Waals surface area (Å²) in [5, 5.41) is 5.34. The summed E-state index contributed by atoms with van der Waals surface area (Å²) < 4.78 is 1.80. The highest BCUT2D eigenvalue weighted by atomic mass is 16.2. The molecule has 2 heterocycles. The van der Waals surface area contributed by atoms with E-state index in [1.54, 1.807) is 16.7 Å². The first-order chi connectivity index (χ1) is 10.1. The first-order valence-corrected chi connectivity index (χ1v) is 6.66. The Morgan fingerprint density at radius 3 is 2.86 bits per heavy atom. The molecular formula is C15H15N4O2+. The number of carbonyl (C=O) groups is 2. The van der Waals surface area contributed by atoms with Crippen molar-refractivity contribution in [1.82, 2.24) is 10.3 Å². The number of aryl methyl sites for hydroxylation is 1. The number of amides is 2. The van der Waals surface area contributed by atoms with Crippen molar-refractivity contribution in [1.29, 1.82) is 0 Å². The molecule has 6 heteroatoms. The number of nitrogens with one attached hydrogen (secondary N) is 2. The molecule has 0 bridgehead atoms. The summed E-state index contributed by atoms with van der Waals surface area (Å²) in [5.41, 5.74) is 1.54. The molecule has 1 aromatic heterocycles. The molecule has 3 rings (SSSR count). The number of benzene rings is 1. The zero-order valence-electron chi connectivity index (χ0n) is 11.6. The Kier molecular flexibility index (Phi) is 3.35. The summed E-state index contributed by atoms with van der Waals surface area (Å²) >= 11 is 0. The van der Waals surface area contributed by atoms with Crippen LogP contribution in [0.1, 0.15) is 21.7 Å². The van der Waals surface area contributed by atoms with Gasteiger partial charge in [0.05, 0.1) is 12.1 Å². The Hall–Kier alpha value is -2.76. The van der Waals surface area contributed by atoms with E-state index in [0.717, 1.165) is 5.56 Å². The molecule has 1 aliphatic rings. The minimum Gasteiger partial charge on any atom is -0.333 e. The maximum Gasteiger partial charge on any atom is 0.322 e. The van der Waals surface area contributed by atoms with Gasteiger partial charge in [0.2, 0.25) is 5.78 Å². The topological polar surface area (TPSA) is 75.0 Å². The summed E-state index contributed by atoms with van der Waals surface area (Å²) in [6.07, 6.45) is 1.85. The lowest BCUT2D eigenvalue weighted by molar-refractivity contribution is -0.692. The van der Waals surface area contributed by atoms with Crippen LogP contribution in [-0.2, 0) is 13.1 Å². The van der Waals surface area contributed by atoms with Gasteiger partial charge in [-0.05, 0) is 4.98 Å². The minimum absolute atomic E-state index is 0.0262. The quantitative estimate of drug-likeness (QED) is 0.656. The summed E-state index contributed by atoms with van der Waals surface area (Å²) in [4.78, 5) is 27.9. The summed E-state index contributed by atoms with van der Waals surface area (Å²) in [6, 6.07) is 8.90. The molecule has 0 spiro atoms. The van der Waals surface area contributed by atoms with Gasteiger partial charge in [-0.15, -0.1) is 0 Å². The molecule has 21 heavy (non-hydrogen) atoms. The number of carbonyl (C=O) groups excluding carboxylic acids is 2. The maximum atomic E-state index is 12.3. The van der Waals surface area contributed by atoms with Crippen molar-refractivity contribution >= 4 is 17.6 Å². The van der Waals surface area contributed by atoms with Crippen LogP contribution >= 0.6 is 0 Å². The SMILES string of the molecule is Cc1nc2c(c[n+]1CC(=O)c1ccccc1)CNC(=O)N2. The Bertz CT molecular complexity index is 713. The molecule has 0 aliphatic carbocycles. The van der Waals surface area contributed by atoms with E-state index in [-0.39, 0.29) is 18.4 Å². The lowest BCUT2D eigenvalue weighted by Crippen LogP contribution is -2.44. The van der Waals surface area contributed by atoms with Gasteiger partial charge in [0.15, 0.2) is 6.54 Å². The minimum atomic E-state index is -0.257. The Balaban J connectivity index is 1.86. The van der Waals surface area contributed by atoms with Crippen LogP contribution in [0, 0.1) is 6.92 Å². The Labute approximate surface area is 121 Å². The van der Waals surface area contributed by atoms with Crippen LogP contribution in [0.25, 0.3) is 0 Å². The molecule has 1 aliphatic heterocycles. The van der Waals surface area contributed by atoms with Gasteiger partial charge in [0.1, 0.15) is 6.20 Å². The number of urea groups is 1. The molecule has 0 radical (unpaired) electrons. The van der Waals surface area contributed by atoms with Gasteiger partial charge in [-0.1, -0.05) is 30.3 Å². The summed E-state index contributed by atoms with van der Waals surface area (Å²) in [6.45, 7) is 2.45. The number of nitrogens with zero attached hydrogens (tertiary/aromatic N) is 2. The first-order valence-electron chi connectivity index (χ1n) is 6.66. The third kappa shape index (κ3) is 2.74. The fourth-order valence-electron chi connectivity index (χ4n) is 2.24. The van der Waals surface area contributed by atoms with Crippen LogP contribution in [0.4, 0.5) is 10.6 Å². The maximum absolute atomic E-state index is 12.3. The molecule has 0 saturated heterocycles. The van der Waals surface area contributed by atoms with E-state index in [9.17, 15) is 9.59 Å². The lowest BCUT2D eigenvalue weighted by Gasteiger charge is -2.14. The van der Waals surface area contributed by atoms with Crippen molar-refractivity contribution in [2.75, 3.05) is 5.32 Å². The average Bonchev–Trinajstić information content (AvgIpc) is 2.49. The largest absolute Gasteiger partial charge is 0.333 e. The van der Waals surface area contributed by atoms with E-state index < -0.39 is 0 Å². The molecule has 0 saturated carbocycles. The number of rotatable bonds is 3. The van der Waals surface area contributed by atoms with Gasteiger partial charge >= 0.3 is 6.03 Å². The van der Waals surface area contributed by atoms with E-state index in [0.29, 0.717) is 23.8 Å². The van der Waals surface area contributed by atoms with Crippen LogP contribution in [0.3, 0.4) is 0 Å². The third-order valence-electron chi connectivity index (χ3n) is 3.39. The molecule has 1 aromatic carbocycles. The third-order valence-corrected chi connectivity index (χ3v) is 3.39. The van der Waals surface area contributed by atoms with Gasteiger partial charge in [-0.2, -0.15) is 0 Å². The summed E-state index contributed by atoms with van der Waals surface area (Å²) in [5.74, 6) is 1.26. The fourth-order valence-corrected chi connectivity index (χ4v) is 2.24. The van der Waals surface area contributed by atoms with E-state index in [1.807, 2.05) is 31.3 Å². The molecule has 2 aromatic rings. The van der Waals surface area contributed by atoms with Crippen LogP contribution < -0.4 is 15.2 Å². The van der Waals surface area contributed by atoms with Crippen molar-refractivity contribution in [2.24, 2.45) is 0 Å². The van der Waals surface area contributed by atoms with E-state index in [2.05, 4.69) is 15.6 Å². The Morgan fingerprint density at radius 1 is 1.33 bits per heavy atom. The van der Waals surface area contributed by atoms with E-state index in [4.69, 9.17) is 0 Å². The predicted octanol–water partition coefficient (Wildman–Crippen LogP) is 1.20. The summed E-state index contributed by atoms with van der Waals surface area (Å²) in [7, 11) is 0. The highest BCUT2D eigenvalue weighted by Crippen LogP contribution is 2.14. The monoisotopic (exact) mass is 283 g/mol. The van der Waals surface area contributed by atoms with Crippen LogP contribution in [-0.4, -0.2) is 16.8 Å². The van der Waals surface area contributed by atoms with Crippen LogP contribution in [0.5, 0.6) is 0 Å². The fraction of sp³-hybridized carbons (Fsp3) is 0.200. The molecule has 0 atom stereocenters. The number of hydrogen-bond donors (Lipinski definition) is 2. The Morgan fingerprint density at radius 2 is 2.10 bits per heavy atom. The normalized spacial score (nSPS) is 13.1. The smallest absolute Gasteiger partial charge is 0.322 e. The number of fused-ring (bicyclic) bond motifs is 1.